The summed E-state index contributed by atoms with van der Waals surface area (Å²) in [4.78, 5) is 14.3. The van der Waals surface area contributed by atoms with Crippen molar-refractivity contribution in [3.05, 3.63) is 12.2 Å². The molecule has 0 atom stereocenters. The number of carbonyl (C=O) groups excluding carboxylic acids is 1. The van der Waals surface area contributed by atoms with E-state index in [1.807, 2.05) is 6.08 Å². The van der Waals surface area contributed by atoms with Crippen LogP contribution < -0.4 is 5.32 Å². The molecule has 3 nitrogen and oxygen atoms in total. The third-order valence-electron chi connectivity index (χ3n) is 3.50. The average Bonchev–Trinajstić information content (AvgIpc) is 2.35. The van der Waals surface area contributed by atoms with Gasteiger partial charge in [0.1, 0.15) is 0 Å². The molecule has 0 aliphatic carbocycles. The Balaban J connectivity index is 2.25. The lowest BCUT2D eigenvalue weighted by molar-refractivity contribution is -0.117. The second-order valence-electron chi connectivity index (χ2n) is 6.68. The molecule has 1 saturated heterocycles. The largest absolute Gasteiger partial charge is 0.350 e. The molecule has 110 valence electrons. The SMILES string of the molecule is CCCCN1CCC(NC(=O)C=CC(C)(C)C)CC1. The number of likely N-dealkylation sites (tertiary alicyclic amines) is 1. The Bertz CT molecular complexity index is 296. The molecule has 0 unspecified atom stereocenters. The molecule has 19 heavy (non-hydrogen) atoms. The molecule has 0 bridgehead atoms. The number of hydrogen-bond donors (Lipinski definition) is 1. The van der Waals surface area contributed by atoms with E-state index in [4.69, 9.17) is 0 Å². The first-order valence-electron chi connectivity index (χ1n) is 7.63. The van der Waals surface area contributed by atoms with E-state index in [9.17, 15) is 4.79 Å². The van der Waals surface area contributed by atoms with Crippen molar-refractivity contribution >= 4 is 5.91 Å². The molecular weight excluding hydrogens is 236 g/mol. The molecule has 1 aliphatic rings. The highest BCUT2D eigenvalue weighted by atomic mass is 16.1. The number of amides is 1. The van der Waals surface area contributed by atoms with Crippen LogP contribution in [-0.2, 0) is 4.79 Å². The van der Waals surface area contributed by atoms with Crippen LogP contribution in [0.2, 0.25) is 0 Å². The second kappa shape index (κ2) is 7.68. The van der Waals surface area contributed by atoms with E-state index in [2.05, 4.69) is 37.9 Å². The van der Waals surface area contributed by atoms with Crippen LogP contribution >= 0.6 is 0 Å². The van der Waals surface area contributed by atoms with Crippen LogP contribution in [0.1, 0.15) is 53.4 Å². The van der Waals surface area contributed by atoms with Crippen molar-refractivity contribution < 1.29 is 4.79 Å². The van der Waals surface area contributed by atoms with Crippen LogP contribution in [0.25, 0.3) is 0 Å². The lowest BCUT2D eigenvalue weighted by Crippen LogP contribution is -2.44. The molecule has 1 rings (SSSR count). The Morgan fingerprint density at radius 2 is 1.95 bits per heavy atom. The van der Waals surface area contributed by atoms with Crippen molar-refractivity contribution in [3.63, 3.8) is 0 Å². The number of hydrogen-bond acceptors (Lipinski definition) is 2. The van der Waals surface area contributed by atoms with Gasteiger partial charge < -0.3 is 10.2 Å². The predicted molar refractivity (Wildman–Crippen MR) is 81.1 cm³/mol. The summed E-state index contributed by atoms with van der Waals surface area (Å²) < 4.78 is 0. The fourth-order valence-corrected chi connectivity index (χ4v) is 2.26. The number of piperidine rings is 1. The Morgan fingerprint density at radius 3 is 2.47 bits per heavy atom. The predicted octanol–water partition coefficient (Wildman–Crippen LogP) is 2.97. The van der Waals surface area contributed by atoms with Crippen molar-refractivity contribution in [1.29, 1.82) is 0 Å². The Kier molecular flexibility index (Phi) is 6.56. The zero-order valence-electron chi connectivity index (χ0n) is 13.0. The highest BCUT2D eigenvalue weighted by molar-refractivity contribution is 5.87. The zero-order valence-corrected chi connectivity index (χ0v) is 13.0. The zero-order chi connectivity index (χ0) is 14.3. The average molecular weight is 266 g/mol. The van der Waals surface area contributed by atoms with Crippen LogP contribution in [-0.4, -0.2) is 36.5 Å². The van der Waals surface area contributed by atoms with Gasteiger partial charge >= 0.3 is 0 Å². The number of nitrogens with zero attached hydrogens (tertiary/aromatic N) is 1. The second-order valence-corrected chi connectivity index (χ2v) is 6.68. The maximum Gasteiger partial charge on any atom is 0.243 e. The van der Waals surface area contributed by atoms with E-state index in [1.165, 1.54) is 19.4 Å². The van der Waals surface area contributed by atoms with E-state index < -0.39 is 0 Å². The molecular formula is C16H30N2O. The fraction of sp³-hybridized carbons (Fsp3) is 0.812. The van der Waals surface area contributed by atoms with E-state index in [0.29, 0.717) is 6.04 Å². The van der Waals surface area contributed by atoms with Crippen molar-refractivity contribution in [2.45, 2.75) is 59.4 Å². The minimum atomic E-state index is 0.0573. The molecule has 1 aliphatic heterocycles. The van der Waals surface area contributed by atoms with E-state index in [0.717, 1.165) is 25.9 Å². The maximum atomic E-state index is 11.8. The highest BCUT2D eigenvalue weighted by Gasteiger charge is 2.19. The number of rotatable bonds is 5. The molecule has 0 aromatic rings. The standard InChI is InChI=1S/C16H30N2O/c1-5-6-11-18-12-8-14(9-13-18)17-15(19)7-10-16(2,3)4/h7,10,14H,5-6,8-9,11-13H2,1-4H3,(H,17,19). The van der Waals surface area contributed by atoms with Crippen LogP contribution in [0.3, 0.4) is 0 Å². The van der Waals surface area contributed by atoms with Gasteiger partial charge in [-0.15, -0.1) is 0 Å². The molecule has 0 radical (unpaired) electrons. The normalized spacial score (nSPS) is 18.9. The van der Waals surface area contributed by atoms with Gasteiger partial charge in [-0.3, -0.25) is 4.79 Å². The van der Waals surface area contributed by atoms with Gasteiger partial charge in [-0.05, 0) is 37.3 Å². The summed E-state index contributed by atoms with van der Waals surface area (Å²) in [5, 5.41) is 3.12. The van der Waals surface area contributed by atoms with Gasteiger partial charge in [0.05, 0.1) is 0 Å². The highest BCUT2D eigenvalue weighted by Crippen LogP contribution is 2.14. The topological polar surface area (TPSA) is 32.3 Å². The Morgan fingerprint density at radius 1 is 1.32 bits per heavy atom. The number of allylic oxidation sites excluding steroid dienone is 1. The molecule has 0 spiro atoms. The number of nitrogens with one attached hydrogen (secondary N) is 1. The van der Waals surface area contributed by atoms with E-state index >= 15 is 0 Å². The van der Waals surface area contributed by atoms with Gasteiger partial charge in [0.2, 0.25) is 5.91 Å². The minimum Gasteiger partial charge on any atom is -0.350 e. The Labute approximate surface area is 118 Å². The summed E-state index contributed by atoms with van der Waals surface area (Å²) >= 11 is 0. The molecule has 1 fully saturated rings. The molecule has 1 amide bonds. The van der Waals surface area contributed by atoms with Crippen LogP contribution in [0.5, 0.6) is 0 Å². The third-order valence-corrected chi connectivity index (χ3v) is 3.50. The van der Waals surface area contributed by atoms with Crippen molar-refractivity contribution in [2.24, 2.45) is 5.41 Å². The summed E-state index contributed by atoms with van der Waals surface area (Å²) in [5.41, 5.74) is 0.0703. The molecule has 1 N–H and O–H groups in total. The fourth-order valence-electron chi connectivity index (χ4n) is 2.26. The van der Waals surface area contributed by atoms with Crippen molar-refractivity contribution in [3.8, 4) is 0 Å². The number of carbonyl (C=O) groups is 1. The lowest BCUT2D eigenvalue weighted by atomic mass is 9.96. The molecule has 0 aromatic heterocycles. The van der Waals surface area contributed by atoms with Crippen LogP contribution in [0.15, 0.2) is 12.2 Å². The molecule has 3 heteroatoms. The summed E-state index contributed by atoms with van der Waals surface area (Å²) in [6.45, 7) is 12.0. The van der Waals surface area contributed by atoms with Crippen LogP contribution in [0.4, 0.5) is 0 Å². The van der Waals surface area contributed by atoms with Gasteiger partial charge in [-0.2, -0.15) is 0 Å². The van der Waals surface area contributed by atoms with Gasteiger partial charge in [-0.25, -0.2) is 0 Å². The monoisotopic (exact) mass is 266 g/mol. The van der Waals surface area contributed by atoms with Gasteiger partial charge in [0.25, 0.3) is 0 Å². The van der Waals surface area contributed by atoms with Crippen LogP contribution in [0, 0.1) is 5.41 Å². The van der Waals surface area contributed by atoms with Gasteiger partial charge in [0.15, 0.2) is 0 Å². The smallest absolute Gasteiger partial charge is 0.243 e. The maximum absolute atomic E-state index is 11.8. The Hall–Kier alpha value is -0.830. The van der Waals surface area contributed by atoms with E-state index in [1.54, 1.807) is 6.08 Å². The first kappa shape index (κ1) is 16.2. The third kappa shape index (κ3) is 7.36. The van der Waals surface area contributed by atoms with Crippen molar-refractivity contribution in [1.82, 2.24) is 10.2 Å². The minimum absolute atomic E-state index is 0.0573. The first-order chi connectivity index (χ1) is 8.90. The summed E-state index contributed by atoms with van der Waals surface area (Å²) in [5.74, 6) is 0.0573. The van der Waals surface area contributed by atoms with Crippen molar-refractivity contribution in [2.75, 3.05) is 19.6 Å². The summed E-state index contributed by atoms with van der Waals surface area (Å²) in [7, 11) is 0. The quantitative estimate of drug-likeness (QED) is 0.776. The molecule has 1 heterocycles. The van der Waals surface area contributed by atoms with Gasteiger partial charge in [0, 0.05) is 19.1 Å². The summed E-state index contributed by atoms with van der Waals surface area (Å²) in [6, 6.07) is 0.356. The lowest BCUT2D eigenvalue weighted by Gasteiger charge is -2.32. The van der Waals surface area contributed by atoms with E-state index in [-0.39, 0.29) is 11.3 Å². The molecule has 0 aromatic carbocycles. The molecule has 0 saturated carbocycles. The first-order valence-corrected chi connectivity index (χ1v) is 7.63. The van der Waals surface area contributed by atoms with Gasteiger partial charge in [-0.1, -0.05) is 40.2 Å². The number of unbranched alkanes of at least 4 members (excludes halogenated alkanes) is 1. The summed E-state index contributed by atoms with van der Waals surface area (Å²) in [6.07, 6.45) is 8.36.